The molecule has 6 nitrogen and oxygen atoms in total. The van der Waals surface area contributed by atoms with Crippen molar-refractivity contribution in [2.75, 3.05) is 37.0 Å². The number of hydrogen-bond acceptors (Lipinski definition) is 6. The van der Waals surface area contributed by atoms with Crippen LogP contribution in [0.2, 0.25) is 0 Å². The lowest BCUT2D eigenvalue weighted by Gasteiger charge is -2.19. The molecule has 0 aliphatic carbocycles. The summed E-state index contributed by atoms with van der Waals surface area (Å²) in [7, 11) is 1.27. The second-order valence-corrected chi connectivity index (χ2v) is 4.09. The summed E-state index contributed by atoms with van der Waals surface area (Å²) in [5, 5.41) is 2.83. The first kappa shape index (κ1) is 16.3. The van der Waals surface area contributed by atoms with Gasteiger partial charge in [0, 0.05) is 13.6 Å². The monoisotopic (exact) mass is 293 g/mol. The van der Waals surface area contributed by atoms with Crippen molar-refractivity contribution in [1.82, 2.24) is 15.0 Å². The molecule has 0 aliphatic heterocycles. The first-order valence-corrected chi connectivity index (χ1v) is 6.26. The Balaban J connectivity index is 2.95. The van der Waals surface area contributed by atoms with E-state index in [1.165, 1.54) is 7.05 Å². The molecule has 0 aromatic carbocycles. The maximum Gasteiger partial charge on any atom is 0.406 e. The molecular formula is C11H18F3N5O. The first-order valence-electron chi connectivity index (χ1n) is 6.26. The minimum Gasteiger partial charge on any atom is -0.463 e. The second-order valence-electron chi connectivity index (χ2n) is 4.09. The fourth-order valence-electron chi connectivity index (χ4n) is 1.35. The van der Waals surface area contributed by atoms with Crippen molar-refractivity contribution < 1.29 is 17.9 Å². The van der Waals surface area contributed by atoms with Gasteiger partial charge in [0.05, 0.1) is 6.61 Å². The Bertz CT molecular complexity index is 427. The highest BCUT2D eigenvalue weighted by Gasteiger charge is 2.30. The van der Waals surface area contributed by atoms with Gasteiger partial charge in [0.1, 0.15) is 6.54 Å². The molecule has 1 aromatic heterocycles. The summed E-state index contributed by atoms with van der Waals surface area (Å²) in [6, 6.07) is 0.0156. The third-order valence-electron chi connectivity index (χ3n) is 2.13. The van der Waals surface area contributed by atoms with E-state index in [4.69, 9.17) is 4.74 Å². The first-order chi connectivity index (χ1) is 9.35. The zero-order valence-corrected chi connectivity index (χ0v) is 11.7. The number of ether oxygens (including phenoxy) is 1. The molecule has 0 saturated heterocycles. The van der Waals surface area contributed by atoms with E-state index in [-0.39, 0.29) is 17.9 Å². The lowest BCUT2D eigenvalue weighted by Crippen LogP contribution is -2.32. The summed E-state index contributed by atoms with van der Waals surface area (Å²) in [5.74, 6) is 0.108. The van der Waals surface area contributed by atoms with Gasteiger partial charge in [-0.05, 0) is 13.3 Å². The van der Waals surface area contributed by atoms with Crippen LogP contribution in [0.3, 0.4) is 0 Å². The molecule has 1 heterocycles. The van der Waals surface area contributed by atoms with Crippen LogP contribution in [0.4, 0.5) is 25.1 Å². The summed E-state index contributed by atoms with van der Waals surface area (Å²) >= 11 is 0. The van der Waals surface area contributed by atoms with Crippen LogP contribution in [0.15, 0.2) is 0 Å². The molecule has 114 valence electrons. The molecule has 0 bridgehead atoms. The fourth-order valence-corrected chi connectivity index (χ4v) is 1.35. The average Bonchev–Trinajstić information content (AvgIpc) is 2.34. The van der Waals surface area contributed by atoms with E-state index < -0.39 is 12.7 Å². The van der Waals surface area contributed by atoms with E-state index >= 15 is 0 Å². The Labute approximate surface area is 115 Å². The summed E-state index contributed by atoms with van der Waals surface area (Å²) in [6.07, 6.45) is -3.58. The standard InChI is InChI=1S/C11H18F3N5O/c1-4-6-20-10-17-8(15-5-2)16-9(18-10)19(3)7-11(12,13)14/h4-7H2,1-3H3,(H,15,16,17,18). The number of halogens is 3. The van der Waals surface area contributed by atoms with Crippen LogP contribution < -0.4 is 15.0 Å². The third-order valence-corrected chi connectivity index (χ3v) is 2.13. The van der Waals surface area contributed by atoms with E-state index in [0.29, 0.717) is 13.2 Å². The van der Waals surface area contributed by atoms with Crippen LogP contribution in [0.5, 0.6) is 6.01 Å². The van der Waals surface area contributed by atoms with Gasteiger partial charge in [-0.2, -0.15) is 28.1 Å². The van der Waals surface area contributed by atoms with Gasteiger partial charge in [-0.1, -0.05) is 6.92 Å². The lowest BCUT2D eigenvalue weighted by atomic mass is 10.5. The number of nitrogens with one attached hydrogen (secondary N) is 1. The zero-order chi connectivity index (χ0) is 15.2. The Morgan fingerprint density at radius 1 is 1.20 bits per heavy atom. The van der Waals surface area contributed by atoms with E-state index in [1.54, 1.807) is 0 Å². The van der Waals surface area contributed by atoms with Crippen molar-refractivity contribution in [1.29, 1.82) is 0 Å². The number of anilines is 2. The van der Waals surface area contributed by atoms with Crippen LogP contribution >= 0.6 is 0 Å². The van der Waals surface area contributed by atoms with Crippen LogP contribution in [0, 0.1) is 0 Å². The highest BCUT2D eigenvalue weighted by molar-refractivity contribution is 5.37. The van der Waals surface area contributed by atoms with Crippen molar-refractivity contribution >= 4 is 11.9 Å². The van der Waals surface area contributed by atoms with Crippen molar-refractivity contribution in [2.45, 2.75) is 26.4 Å². The van der Waals surface area contributed by atoms with Gasteiger partial charge >= 0.3 is 12.2 Å². The van der Waals surface area contributed by atoms with Crippen LogP contribution in [-0.4, -0.2) is 47.9 Å². The lowest BCUT2D eigenvalue weighted by molar-refractivity contribution is -0.119. The Kier molecular flexibility index (Phi) is 5.78. The van der Waals surface area contributed by atoms with Gasteiger partial charge in [-0.15, -0.1) is 0 Å². The molecule has 0 saturated carbocycles. The van der Waals surface area contributed by atoms with Gasteiger partial charge in [0.15, 0.2) is 0 Å². The number of rotatable bonds is 7. The molecule has 20 heavy (non-hydrogen) atoms. The van der Waals surface area contributed by atoms with Gasteiger partial charge < -0.3 is 15.0 Å². The molecule has 0 amide bonds. The highest BCUT2D eigenvalue weighted by Crippen LogP contribution is 2.20. The molecular weight excluding hydrogens is 275 g/mol. The number of alkyl halides is 3. The molecule has 0 radical (unpaired) electrons. The zero-order valence-electron chi connectivity index (χ0n) is 11.7. The number of nitrogens with zero attached hydrogens (tertiary/aromatic N) is 4. The molecule has 0 aliphatic rings. The molecule has 1 N–H and O–H groups in total. The van der Waals surface area contributed by atoms with Gasteiger partial charge in [-0.25, -0.2) is 0 Å². The fraction of sp³-hybridized carbons (Fsp3) is 0.727. The quantitative estimate of drug-likeness (QED) is 0.830. The van der Waals surface area contributed by atoms with Gasteiger partial charge in [-0.3, -0.25) is 0 Å². The molecule has 0 fully saturated rings. The largest absolute Gasteiger partial charge is 0.463 e. The van der Waals surface area contributed by atoms with E-state index in [1.807, 2.05) is 13.8 Å². The van der Waals surface area contributed by atoms with Gasteiger partial charge in [0.2, 0.25) is 11.9 Å². The van der Waals surface area contributed by atoms with E-state index in [0.717, 1.165) is 11.3 Å². The minimum absolute atomic E-state index is 0.0156. The summed E-state index contributed by atoms with van der Waals surface area (Å²) in [4.78, 5) is 12.7. The Morgan fingerprint density at radius 3 is 2.45 bits per heavy atom. The van der Waals surface area contributed by atoms with Crippen molar-refractivity contribution in [3.05, 3.63) is 0 Å². The molecule has 9 heteroatoms. The van der Waals surface area contributed by atoms with Gasteiger partial charge in [0.25, 0.3) is 0 Å². The maximum absolute atomic E-state index is 12.4. The maximum atomic E-state index is 12.4. The summed E-state index contributed by atoms with van der Waals surface area (Å²) < 4.78 is 42.4. The average molecular weight is 293 g/mol. The number of aromatic nitrogens is 3. The highest BCUT2D eigenvalue weighted by atomic mass is 19.4. The normalized spacial score (nSPS) is 11.3. The molecule has 1 rings (SSSR count). The number of hydrogen-bond donors (Lipinski definition) is 1. The topological polar surface area (TPSA) is 63.2 Å². The molecule has 1 aromatic rings. The smallest absolute Gasteiger partial charge is 0.406 e. The summed E-state index contributed by atoms with van der Waals surface area (Å²) in [5.41, 5.74) is 0. The van der Waals surface area contributed by atoms with Crippen molar-refractivity contribution in [3.63, 3.8) is 0 Å². The van der Waals surface area contributed by atoms with E-state index in [9.17, 15) is 13.2 Å². The third kappa shape index (κ3) is 5.45. The van der Waals surface area contributed by atoms with Crippen LogP contribution in [0.25, 0.3) is 0 Å². The molecule has 0 atom stereocenters. The summed E-state index contributed by atoms with van der Waals surface area (Å²) in [6.45, 7) is 3.52. The van der Waals surface area contributed by atoms with E-state index in [2.05, 4.69) is 20.3 Å². The van der Waals surface area contributed by atoms with Crippen LogP contribution in [-0.2, 0) is 0 Å². The minimum atomic E-state index is -4.33. The predicted molar refractivity (Wildman–Crippen MR) is 69.1 cm³/mol. The SMILES string of the molecule is CCCOc1nc(NCC)nc(N(C)CC(F)(F)F)n1. The van der Waals surface area contributed by atoms with Crippen molar-refractivity contribution in [2.24, 2.45) is 0 Å². The Hall–Kier alpha value is -1.80. The van der Waals surface area contributed by atoms with Crippen molar-refractivity contribution in [3.8, 4) is 6.01 Å². The molecule has 0 unspecified atom stereocenters. The Morgan fingerprint density at radius 2 is 1.90 bits per heavy atom. The molecule has 0 spiro atoms. The van der Waals surface area contributed by atoms with Crippen LogP contribution in [0.1, 0.15) is 20.3 Å². The predicted octanol–water partition coefficient (Wildman–Crippen LogP) is 2.09. The second kappa shape index (κ2) is 7.11.